The maximum atomic E-state index is 9.92. The molecule has 1 aromatic heterocycles. The fourth-order valence-corrected chi connectivity index (χ4v) is 3.30. The molecule has 0 amide bonds. The summed E-state index contributed by atoms with van der Waals surface area (Å²) in [4.78, 5) is 11.3. The molecule has 0 bridgehead atoms. The van der Waals surface area contributed by atoms with E-state index in [9.17, 15) is 5.26 Å². The highest BCUT2D eigenvalue weighted by atomic mass is 15.3. The lowest BCUT2D eigenvalue weighted by atomic mass is 10.1. The number of para-hydroxylation sites is 1. The number of aryl methyl sites for hydroxylation is 2. The molecular weight excluding hydrogens is 308 g/mol. The SMILES string of the molecule is N#CC(c1ccccc1)N(c1ccccc1)c1ncc2c(n1)CCC2. The van der Waals surface area contributed by atoms with Crippen LogP contribution in [0.5, 0.6) is 0 Å². The van der Waals surface area contributed by atoms with Crippen molar-refractivity contribution in [1.29, 1.82) is 5.26 Å². The molecule has 25 heavy (non-hydrogen) atoms. The summed E-state index contributed by atoms with van der Waals surface area (Å²) in [5.41, 5.74) is 4.18. The number of hydrogen-bond acceptors (Lipinski definition) is 4. The van der Waals surface area contributed by atoms with Crippen LogP contribution in [0.4, 0.5) is 11.6 Å². The standard InChI is InChI=1S/C21H18N4/c22-14-20(16-8-3-1-4-9-16)25(18-11-5-2-6-12-18)21-23-15-17-10-7-13-19(17)24-21/h1-6,8-9,11-12,15,20H,7,10,13H2. The summed E-state index contributed by atoms with van der Waals surface area (Å²) in [5.74, 6) is 0.585. The van der Waals surface area contributed by atoms with Gasteiger partial charge in [0.15, 0.2) is 0 Å². The Morgan fingerprint density at radius 3 is 2.40 bits per heavy atom. The monoisotopic (exact) mass is 326 g/mol. The summed E-state index contributed by atoms with van der Waals surface area (Å²) < 4.78 is 0. The zero-order valence-electron chi connectivity index (χ0n) is 13.8. The van der Waals surface area contributed by atoms with Crippen molar-refractivity contribution in [1.82, 2.24) is 9.97 Å². The van der Waals surface area contributed by atoms with E-state index >= 15 is 0 Å². The first-order chi connectivity index (χ1) is 12.4. The van der Waals surface area contributed by atoms with E-state index in [2.05, 4.69) is 11.1 Å². The minimum atomic E-state index is -0.483. The summed E-state index contributed by atoms with van der Waals surface area (Å²) in [6, 6.07) is 21.6. The number of aromatic nitrogens is 2. The Kier molecular flexibility index (Phi) is 4.14. The van der Waals surface area contributed by atoms with Crippen LogP contribution in [0.25, 0.3) is 0 Å². The third-order valence-electron chi connectivity index (χ3n) is 4.55. The van der Waals surface area contributed by atoms with Crippen LogP contribution in [-0.4, -0.2) is 9.97 Å². The molecule has 0 radical (unpaired) electrons. The highest BCUT2D eigenvalue weighted by Crippen LogP contribution is 2.33. The fraction of sp³-hybridized carbons (Fsp3) is 0.190. The highest BCUT2D eigenvalue weighted by Gasteiger charge is 2.26. The normalized spacial score (nSPS) is 13.7. The number of hydrogen-bond donors (Lipinski definition) is 0. The van der Waals surface area contributed by atoms with Crippen LogP contribution < -0.4 is 4.90 Å². The number of nitrogens with zero attached hydrogens (tertiary/aromatic N) is 4. The van der Waals surface area contributed by atoms with E-state index in [4.69, 9.17) is 4.98 Å². The maximum Gasteiger partial charge on any atom is 0.231 e. The Balaban J connectivity index is 1.84. The predicted octanol–water partition coefficient (Wildman–Crippen LogP) is 4.37. The molecule has 4 heteroatoms. The second-order valence-corrected chi connectivity index (χ2v) is 6.14. The average Bonchev–Trinajstić information content (AvgIpc) is 3.15. The van der Waals surface area contributed by atoms with E-state index in [1.54, 1.807) is 0 Å². The molecular formula is C21H18N4. The summed E-state index contributed by atoms with van der Waals surface area (Å²) in [6.07, 6.45) is 5.07. The molecule has 122 valence electrons. The lowest BCUT2D eigenvalue weighted by molar-refractivity contribution is 0.817. The van der Waals surface area contributed by atoms with E-state index in [1.165, 1.54) is 5.56 Å². The molecule has 4 rings (SSSR count). The van der Waals surface area contributed by atoms with Crippen molar-refractivity contribution < 1.29 is 0 Å². The molecule has 1 aliphatic carbocycles. The Bertz CT molecular complexity index is 900. The molecule has 3 aromatic rings. The van der Waals surface area contributed by atoms with Crippen LogP contribution in [0.1, 0.15) is 29.3 Å². The van der Waals surface area contributed by atoms with Crippen molar-refractivity contribution in [3.63, 3.8) is 0 Å². The van der Waals surface area contributed by atoms with Crippen molar-refractivity contribution >= 4 is 11.6 Å². The lowest BCUT2D eigenvalue weighted by Crippen LogP contribution is -2.25. The Morgan fingerprint density at radius 2 is 1.68 bits per heavy atom. The molecule has 2 aromatic carbocycles. The van der Waals surface area contributed by atoms with Crippen LogP contribution >= 0.6 is 0 Å². The van der Waals surface area contributed by atoms with Gasteiger partial charge >= 0.3 is 0 Å². The van der Waals surface area contributed by atoms with Crippen molar-refractivity contribution in [3.8, 4) is 6.07 Å². The van der Waals surface area contributed by atoms with Crippen LogP contribution in [0.15, 0.2) is 66.9 Å². The minimum absolute atomic E-state index is 0.483. The van der Waals surface area contributed by atoms with E-state index in [-0.39, 0.29) is 0 Å². The average molecular weight is 326 g/mol. The first kappa shape index (κ1) is 15.3. The van der Waals surface area contributed by atoms with Gasteiger partial charge < -0.3 is 0 Å². The first-order valence-corrected chi connectivity index (χ1v) is 8.50. The number of nitriles is 1. The number of rotatable bonds is 4. The second-order valence-electron chi connectivity index (χ2n) is 6.14. The largest absolute Gasteiger partial charge is 0.290 e. The van der Waals surface area contributed by atoms with Crippen LogP contribution in [-0.2, 0) is 12.8 Å². The zero-order chi connectivity index (χ0) is 17.1. The van der Waals surface area contributed by atoms with Crippen molar-refractivity contribution in [2.75, 3.05) is 4.90 Å². The summed E-state index contributed by atoms with van der Waals surface area (Å²) in [7, 11) is 0. The van der Waals surface area contributed by atoms with Gasteiger partial charge in [-0.1, -0.05) is 48.5 Å². The Labute approximate surface area is 147 Å². The van der Waals surface area contributed by atoms with E-state index in [0.29, 0.717) is 5.95 Å². The molecule has 1 heterocycles. The van der Waals surface area contributed by atoms with Gasteiger partial charge in [0.2, 0.25) is 5.95 Å². The smallest absolute Gasteiger partial charge is 0.231 e. The third-order valence-corrected chi connectivity index (χ3v) is 4.55. The summed E-state index contributed by atoms with van der Waals surface area (Å²) in [6.45, 7) is 0. The van der Waals surface area contributed by atoms with Crippen LogP contribution in [0, 0.1) is 11.3 Å². The molecule has 0 saturated heterocycles. The van der Waals surface area contributed by atoms with Gasteiger partial charge in [0, 0.05) is 17.6 Å². The Hall–Kier alpha value is -3.19. The molecule has 1 aliphatic rings. The molecule has 0 saturated carbocycles. The first-order valence-electron chi connectivity index (χ1n) is 8.50. The summed E-state index contributed by atoms with van der Waals surface area (Å²) in [5, 5.41) is 9.92. The van der Waals surface area contributed by atoms with Crippen molar-refractivity contribution in [3.05, 3.63) is 83.7 Å². The molecule has 4 nitrogen and oxygen atoms in total. The highest BCUT2D eigenvalue weighted by molar-refractivity contribution is 5.61. The number of benzene rings is 2. The topological polar surface area (TPSA) is 52.8 Å². The van der Waals surface area contributed by atoms with Gasteiger partial charge in [0.25, 0.3) is 0 Å². The molecule has 0 spiro atoms. The van der Waals surface area contributed by atoms with Gasteiger partial charge in [-0.3, -0.25) is 4.90 Å². The van der Waals surface area contributed by atoms with E-state index in [1.807, 2.05) is 71.8 Å². The summed E-state index contributed by atoms with van der Waals surface area (Å²) >= 11 is 0. The molecule has 1 unspecified atom stereocenters. The second kappa shape index (κ2) is 6.74. The molecule has 0 fully saturated rings. The third kappa shape index (κ3) is 2.97. The molecule has 1 atom stereocenters. The minimum Gasteiger partial charge on any atom is -0.290 e. The van der Waals surface area contributed by atoms with Gasteiger partial charge in [0.05, 0.1) is 6.07 Å². The lowest BCUT2D eigenvalue weighted by Gasteiger charge is -2.28. The molecule has 0 aliphatic heterocycles. The van der Waals surface area contributed by atoms with Gasteiger partial charge in [-0.15, -0.1) is 0 Å². The maximum absolute atomic E-state index is 9.92. The van der Waals surface area contributed by atoms with E-state index < -0.39 is 6.04 Å². The van der Waals surface area contributed by atoms with Gasteiger partial charge in [-0.2, -0.15) is 5.26 Å². The Morgan fingerprint density at radius 1 is 0.960 bits per heavy atom. The predicted molar refractivity (Wildman–Crippen MR) is 97.4 cm³/mol. The zero-order valence-corrected chi connectivity index (χ0v) is 13.8. The van der Waals surface area contributed by atoms with Crippen LogP contribution in [0.2, 0.25) is 0 Å². The van der Waals surface area contributed by atoms with Gasteiger partial charge in [-0.25, -0.2) is 9.97 Å². The number of anilines is 2. The van der Waals surface area contributed by atoms with Crippen molar-refractivity contribution in [2.45, 2.75) is 25.3 Å². The van der Waals surface area contributed by atoms with Gasteiger partial charge in [-0.05, 0) is 42.5 Å². The molecule has 0 N–H and O–H groups in total. The number of fused-ring (bicyclic) bond motifs is 1. The van der Waals surface area contributed by atoms with Crippen molar-refractivity contribution in [2.24, 2.45) is 0 Å². The fourth-order valence-electron chi connectivity index (χ4n) is 3.30. The van der Waals surface area contributed by atoms with E-state index in [0.717, 1.165) is 36.2 Å². The van der Waals surface area contributed by atoms with Crippen LogP contribution in [0.3, 0.4) is 0 Å². The quantitative estimate of drug-likeness (QED) is 0.714. The van der Waals surface area contributed by atoms with Gasteiger partial charge in [0.1, 0.15) is 6.04 Å².